The number of aromatic amines is 1. The summed E-state index contributed by atoms with van der Waals surface area (Å²) in [5, 5.41) is 5.69. The molecule has 1 aromatic heterocycles. The number of H-pyrrole nitrogens is 1. The number of rotatable bonds is 7. The lowest BCUT2D eigenvalue weighted by Gasteiger charge is -2.37. The van der Waals surface area contributed by atoms with Crippen molar-refractivity contribution in [3.05, 3.63) is 71.9 Å². The summed E-state index contributed by atoms with van der Waals surface area (Å²) in [4.78, 5) is 43.8. The van der Waals surface area contributed by atoms with E-state index < -0.39 is 43.9 Å². The number of hydrogen-bond donors (Lipinski definition) is 3. The van der Waals surface area contributed by atoms with Gasteiger partial charge in [-0.25, -0.2) is 8.42 Å². The first kappa shape index (κ1) is 25.0. The Bertz CT molecular complexity index is 1480. The molecule has 2 aliphatic rings. The number of benzene rings is 2. The first-order chi connectivity index (χ1) is 17.5. The average molecular weight is 523 g/mol. The maximum absolute atomic E-state index is 13.6. The number of para-hydroxylation sites is 1. The highest BCUT2D eigenvalue weighted by Gasteiger charge is 2.67. The number of nitrogens with zero attached hydrogens (tertiary/aromatic N) is 1. The van der Waals surface area contributed by atoms with E-state index >= 15 is 0 Å². The number of amides is 3. The molecule has 0 aliphatic carbocycles. The molecule has 10 heteroatoms. The van der Waals surface area contributed by atoms with E-state index in [2.05, 4.69) is 15.6 Å². The fourth-order valence-electron chi connectivity index (χ4n) is 5.37. The summed E-state index contributed by atoms with van der Waals surface area (Å²) >= 11 is 0. The van der Waals surface area contributed by atoms with E-state index in [1.165, 1.54) is 13.8 Å². The van der Waals surface area contributed by atoms with Gasteiger partial charge in [0.15, 0.2) is 9.84 Å². The fourth-order valence-corrected chi connectivity index (χ4v) is 7.51. The molecule has 3 N–H and O–H groups in total. The highest BCUT2D eigenvalue weighted by molar-refractivity contribution is 7.93. The molecule has 3 amide bonds. The van der Waals surface area contributed by atoms with E-state index in [4.69, 9.17) is 0 Å². The Kier molecular flexibility index (Phi) is 6.10. The third-order valence-corrected chi connectivity index (χ3v) is 10.4. The van der Waals surface area contributed by atoms with Crippen LogP contribution in [0.1, 0.15) is 44.4 Å². The number of hydrogen-bond acceptors (Lipinski definition) is 5. The number of aromatic nitrogens is 1. The van der Waals surface area contributed by atoms with Crippen LogP contribution in [0.5, 0.6) is 0 Å². The van der Waals surface area contributed by atoms with E-state index in [1.807, 2.05) is 61.5 Å². The van der Waals surface area contributed by atoms with E-state index in [0.717, 1.165) is 26.9 Å². The molecule has 2 fully saturated rings. The topological polar surface area (TPSA) is 128 Å². The second-order valence-corrected chi connectivity index (χ2v) is 13.0. The first-order valence-corrected chi connectivity index (χ1v) is 13.8. The third-order valence-electron chi connectivity index (χ3n) is 7.61. The van der Waals surface area contributed by atoms with Gasteiger partial charge in [-0.2, -0.15) is 0 Å². The van der Waals surface area contributed by atoms with Crippen molar-refractivity contribution < 1.29 is 22.8 Å². The summed E-state index contributed by atoms with van der Waals surface area (Å²) in [5.74, 6) is -1.44. The molecule has 0 radical (unpaired) electrons. The number of sulfone groups is 1. The molecular formula is C27H30N4O5S. The van der Waals surface area contributed by atoms with Crippen LogP contribution in [0.4, 0.5) is 0 Å². The van der Waals surface area contributed by atoms with Crippen molar-refractivity contribution >= 4 is 38.5 Å². The van der Waals surface area contributed by atoms with Gasteiger partial charge in [0.05, 0.1) is 17.2 Å². The van der Waals surface area contributed by atoms with E-state index in [0.29, 0.717) is 0 Å². The average Bonchev–Trinajstić information content (AvgIpc) is 3.32. The zero-order chi connectivity index (χ0) is 26.5. The zero-order valence-electron chi connectivity index (χ0n) is 20.9. The number of carbonyl (C=O) groups is 3. The maximum atomic E-state index is 13.6. The minimum Gasteiger partial charge on any atom is -0.361 e. The van der Waals surface area contributed by atoms with Gasteiger partial charge in [-0.05, 0) is 38.0 Å². The Labute approximate surface area is 215 Å². The van der Waals surface area contributed by atoms with Gasteiger partial charge in [0.2, 0.25) is 17.7 Å². The van der Waals surface area contributed by atoms with Crippen molar-refractivity contribution in [1.82, 2.24) is 20.5 Å². The SMILES string of the molecule is C[C@H](NC(=O)[C@H](Cc1c[nH]c2ccccc12)NC(=O)[C@H]1N2C(=O)C[C@H]2S(=O)(=O)C1(C)C)c1ccccc1. The molecule has 2 aliphatic heterocycles. The lowest BCUT2D eigenvalue weighted by atomic mass is 9.96. The summed E-state index contributed by atoms with van der Waals surface area (Å²) in [6, 6.07) is 14.6. The van der Waals surface area contributed by atoms with Crippen LogP contribution in [0.2, 0.25) is 0 Å². The van der Waals surface area contributed by atoms with Gasteiger partial charge < -0.3 is 20.5 Å². The molecule has 0 saturated carbocycles. The van der Waals surface area contributed by atoms with Crippen LogP contribution in [0, 0.1) is 0 Å². The van der Waals surface area contributed by atoms with Gasteiger partial charge in [-0.15, -0.1) is 0 Å². The molecule has 2 aromatic carbocycles. The van der Waals surface area contributed by atoms with Crippen LogP contribution in [-0.4, -0.2) is 58.2 Å². The van der Waals surface area contributed by atoms with Gasteiger partial charge in [0.25, 0.3) is 0 Å². The molecule has 37 heavy (non-hydrogen) atoms. The van der Waals surface area contributed by atoms with Gasteiger partial charge in [-0.1, -0.05) is 48.5 Å². The van der Waals surface area contributed by atoms with E-state index in [9.17, 15) is 22.8 Å². The molecule has 2 saturated heterocycles. The first-order valence-electron chi connectivity index (χ1n) is 12.3. The van der Waals surface area contributed by atoms with Gasteiger partial charge in [0.1, 0.15) is 17.5 Å². The van der Waals surface area contributed by atoms with Crippen molar-refractivity contribution in [2.75, 3.05) is 0 Å². The van der Waals surface area contributed by atoms with Crippen molar-refractivity contribution in [3.63, 3.8) is 0 Å². The Hall–Kier alpha value is -3.66. The van der Waals surface area contributed by atoms with Crippen LogP contribution in [0.25, 0.3) is 10.9 Å². The minimum atomic E-state index is -3.74. The summed E-state index contributed by atoms with van der Waals surface area (Å²) in [7, 11) is -3.74. The Balaban J connectivity index is 1.43. The normalized spacial score (nSPS) is 23.1. The molecule has 194 valence electrons. The van der Waals surface area contributed by atoms with Gasteiger partial charge in [0, 0.05) is 23.5 Å². The number of β-lactam (4-membered cyclic amide) rings is 1. The predicted octanol–water partition coefficient (Wildman–Crippen LogP) is 2.21. The molecule has 0 spiro atoms. The highest BCUT2D eigenvalue weighted by Crippen LogP contribution is 2.45. The highest BCUT2D eigenvalue weighted by atomic mass is 32.2. The second kappa shape index (κ2) is 9.02. The van der Waals surface area contributed by atoms with Gasteiger partial charge >= 0.3 is 0 Å². The van der Waals surface area contributed by atoms with Crippen LogP contribution in [-0.2, 0) is 30.6 Å². The summed E-state index contributed by atoms with van der Waals surface area (Å²) < 4.78 is 24.5. The third kappa shape index (κ3) is 4.09. The largest absolute Gasteiger partial charge is 0.361 e. The Morgan fingerprint density at radius 3 is 2.46 bits per heavy atom. The van der Waals surface area contributed by atoms with Crippen LogP contribution in [0.3, 0.4) is 0 Å². The number of fused-ring (bicyclic) bond motifs is 2. The maximum Gasteiger partial charge on any atom is 0.245 e. The predicted molar refractivity (Wildman–Crippen MR) is 139 cm³/mol. The lowest BCUT2D eigenvalue weighted by Crippen LogP contribution is -2.62. The fraction of sp³-hybridized carbons (Fsp3) is 0.370. The monoisotopic (exact) mass is 522 g/mol. The van der Waals surface area contributed by atoms with Crippen LogP contribution in [0.15, 0.2) is 60.8 Å². The zero-order valence-corrected chi connectivity index (χ0v) is 21.7. The molecule has 0 unspecified atom stereocenters. The molecular weight excluding hydrogens is 492 g/mol. The van der Waals surface area contributed by atoms with Crippen LogP contribution < -0.4 is 10.6 Å². The minimum absolute atomic E-state index is 0.122. The molecule has 3 heterocycles. The summed E-state index contributed by atoms with van der Waals surface area (Å²) in [5.41, 5.74) is 2.64. The quantitative estimate of drug-likeness (QED) is 0.410. The lowest BCUT2D eigenvalue weighted by molar-refractivity contribution is -0.150. The molecule has 4 atom stereocenters. The Morgan fingerprint density at radius 1 is 1.08 bits per heavy atom. The smallest absolute Gasteiger partial charge is 0.245 e. The molecule has 9 nitrogen and oxygen atoms in total. The van der Waals surface area contributed by atoms with Gasteiger partial charge in [-0.3, -0.25) is 14.4 Å². The second-order valence-electron chi connectivity index (χ2n) is 10.3. The number of nitrogens with one attached hydrogen (secondary N) is 3. The van der Waals surface area contributed by atoms with E-state index in [-0.39, 0.29) is 24.8 Å². The van der Waals surface area contributed by atoms with Crippen molar-refractivity contribution in [3.8, 4) is 0 Å². The number of carbonyl (C=O) groups excluding carboxylic acids is 3. The Morgan fingerprint density at radius 2 is 1.76 bits per heavy atom. The van der Waals surface area contributed by atoms with Crippen molar-refractivity contribution in [1.29, 1.82) is 0 Å². The molecule has 0 bridgehead atoms. The van der Waals surface area contributed by atoms with Crippen molar-refractivity contribution in [2.45, 2.75) is 61.9 Å². The summed E-state index contributed by atoms with van der Waals surface area (Å²) in [6.45, 7) is 4.78. The van der Waals surface area contributed by atoms with Crippen LogP contribution >= 0.6 is 0 Å². The van der Waals surface area contributed by atoms with E-state index in [1.54, 1.807) is 6.20 Å². The molecule has 5 rings (SSSR count). The molecule has 3 aromatic rings. The summed E-state index contributed by atoms with van der Waals surface area (Å²) in [6.07, 6.45) is 1.86. The standard InChI is InChI=1S/C27H30N4O5S/c1-16(17-9-5-4-6-10-17)29-25(33)21(13-18-15-28-20-12-8-7-11-19(18)20)30-26(34)24-27(2,3)37(35,36)23-14-22(32)31(23)24/h4-12,15-16,21,23-24,28H,13-14H2,1-3H3,(H,29,33)(H,30,34)/t16-,21-,23+,24+/m0/s1. The van der Waals surface area contributed by atoms with Crippen molar-refractivity contribution in [2.24, 2.45) is 0 Å².